The molecule has 0 aliphatic carbocycles. The van der Waals surface area contributed by atoms with Gasteiger partial charge < -0.3 is 9.04 Å². The van der Waals surface area contributed by atoms with E-state index in [9.17, 15) is 13.2 Å². The van der Waals surface area contributed by atoms with E-state index in [4.69, 9.17) is 18.5 Å². The molecule has 2 bridgehead atoms. The molecule has 0 aromatic heterocycles. The minimum Gasteiger partial charge on any atom is -0.741 e. The first kappa shape index (κ1) is 20.0. The van der Waals surface area contributed by atoms with Crippen molar-refractivity contribution in [3.63, 3.8) is 0 Å². The molecule has 0 saturated carbocycles. The van der Waals surface area contributed by atoms with Crippen LogP contribution < -0.4 is 0 Å². The van der Waals surface area contributed by atoms with E-state index in [0.717, 1.165) is 0 Å². The number of azide groups is 1. The lowest BCUT2D eigenvalue weighted by Gasteiger charge is -2.51. The Bertz CT molecular complexity index is 526. The maximum absolute atomic E-state index is 10.7. The zero-order valence-electron chi connectivity index (χ0n) is 12.7. The van der Waals surface area contributed by atoms with Gasteiger partial charge in [0.2, 0.25) is 0 Å². The van der Waals surface area contributed by atoms with Crippen LogP contribution in [0.4, 0.5) is 13.2 Å². The third kappa shape index (κ3) is 6.15. The summed E-state index contributed by atoms with van der Waals surface area (Å²) in [4.78, 5) is 5.39. The molecule has 1 unspecified atom stereocenters. The van der Waals surface area contributed by atoms with Crippen LogP contribution in [0.15, 0.2) is 5.11 Å². The Kier molecular flexibility index (Phi) is 6.66. The molecule has 3 heterocycles. The standard InChI is InChI=1S/C10H20N5.CHF3O3S/c1-10(8-12-13-11)9-15-5-2-14(3-6-15)4-7-15;2-1(3,4)8(5,6)7/h10H,2-9H2,1H3;(H,5,6,7)/q+1;/p-1. The number of hydrogen-bond acceptors (Lipinski definition) is 5. The predicted molar refractivity (Wildman–Crippen MR) is 75.1 cm³/mol. The van der Waals surface area contributed by atoms with Crippen molar-refractivity contribution < 1.29 is 30.6 Å². The van der Waals surface area contributed by atoms with Crippen LogP contribution in [0, 0.1) is 5.92 Å². The van der Waals surface area contributed by atoms with E-state index in [1.165, 1.54) is 50.3 Å². The molecule has 1 atom stereocenters. The van der Waals surface area contributed by atoms with Gasteiger partial charge in [-0.2, -0.15) is 13.2 Å². The van der Waals surface area contributed by atoms with Crippen LogP contribution in [0.5, 0.6) is 0 Å². The zero-order valence-corrected chi connectivity index (χ0v) is 13.6. The lowest BCUT2D eigenvalue weighted by molar-refractivity contribution is -0.943. The van der Waals surface area contributed by atoms with Gasteiger partial charge in [0.05, 0.1) is 26.2 Å². The van der Waals surface area contributed by atoms with Crippen molar-refractivity contribution in [3.05, 3.63) is 10.4 Å². The van der Waals surface area contributed by atoms with Gasteiger partial charge in [0.15, 0.2) is 10.1 Å². The topological polar surface area (TPSA) is 109 Å². The zero-order chi connectivity index (χ0) is 17.7. The SMILES string of the molecule is CC(CN=[N+]=[N-])C[N+]12CCN(CC1)CC2.O=S(=O)([O-])C(F)(F)F. The summed E-state index contributed by atoms with van der Waals surface area (Å²) in [6.07, 6.45) is 0. The molecule has 0 N–H and O–H groups in total. The summed E-state index contributed by atoms with van der Waals surface area (Å²) in [5.41, 5.74) is 2.65. The van der Waals surface area contributed by atoms with Crippen molar-refractivity contribution in [1.82, 2.24) is 4.90 Å². The molecule has 0 amide bonds. The molecule has 134 valence electrons. The van der Waals surface area contributed by atoms with Crippen molar-refractivity contribution >= 4 is 10.1 Å². The van der Waals surface area contributed by atoms with E-state index in [2.05, 4.69) is 21.8 Å². The van der Waals surface area contributed by atoms with Gasteiger partial charge >= 0.3 is 5.51 Å². The summed E-state index contributed by atoms with van der Waals surface area (Å²) in [6.45, 7) is 11.7. The molecular weight excluding hydrogens is 339 g/mol. The number of halogens is 3. The van der Waals surface area contributed by atoms with Gasteiger partial charge in [-0.1, -0.05) is 12.0 Å². The van der Waals surface area contributed by atoms with Crippen LogP contribution in [-0.4, -0.2) is 80.2 Å². The summed E-state index contributed by atoms with van der Waals surface area (Å²) in [5, 5.41) is 3.68. The Morgan fingerprint density at radius 2 is 1.74 bits per heavy atom. The second-order valence-electron chi connectivity index (χ2n) is 5.96. The summed E-state index contributed by atoms with van der Waals surface area (Å²) < 4.78 is 60.2. The van der Waals surface area contributed by atoms with Gasteiger partial charge in [-0.25, -0.2) is 8.42 Å². The monoisotopic (exact) mass is 359 g/mol. The largest absolute Gasteiger partial charge is 0.741 e. The molecule has 0 aromatic rings. The second kappa shape index (κ2) is 7.67. The molecule has 0 aromatic carbocycles. The maximum Gasteiger partial charge on any atom is 0.485 e. The molecule has 3 rings (SSSR count). The number of hydrogen-bond donors (Lipinski definition) is 0. The fourth-order valence-electron chi connectivity index (χ4n) is 2.90. The molecule has 3 saturated heterocycles. The summed E-state index contributed by atoms with van der Waals surface area (Å²) in [6, 6.07) is 0. The number of fused-ring (bicyclic) bond motifs is 3. The van der Waals surface area contributed by atoms with E-state index in [1.807, 2.05) is 0 Å². The molecule has 3 aliphatic heterocycles. The highest BCUT2D eigenvalue weighted by atomic mass is 32.2. The van der Waals surface area contributed by atoms with Crippen molar-refractivity contribution in [1.29, 1.82) is 0 Å². The number of quaternary nitrogens is 1. The third-order valence-corrected chi connectivity index (χ3v) is 4.68. The molecule has 23 heavy (non-hydrogen) atoms. The van der Waals surface area contributed by atoms with E-state index >= 15 is 0 Å². The van der Waals surface area contributed by atoms with E-state index in [0.29, 0.717) is 12.5 Å². The minimum absolute atomic E-state index is 0.519. The molecule has 12 heteroatoms. The molecule has 3 fully saturated rings. The smallest absolute Gasteiger partial charge is 0.485 e. The quantitative estimate of drug-likeness (QED) is 0.187. The van der Waals surface area contributed by atoms with E-state index < -0.39 is 15.6 Å². The maximum atomic E-state index is 10.7. The van der Waals surface area contributed by atoms with Crippen LogP contribution >= 0.6 is 0 Å². The number of piperazine rings is 3. The Hall–Kier alpha value is -1.07. The number of rotatable bonds is 4. The highest BCUT2D eigenvalue weighted by molar-refractivity contribution is 7.86. The lowest BCUT2D eigenvalue weighted by atomic mass is 10.1. The fourth-order valence-corrected chi connectivity index (χ4v) is 2.90. The molecule has 8 nitrogen and oxygen atoms in total. The van der Waals surface area contributed by atoms with Gasteiger partial charge in [-0.3, -0.25) is 4.90 Å². The molecule has 0 spiro atoms. The van der Waals surface area contributed by atoms with E-state index in [-0.39, 0.29) is 0 Å². The van der Waals surface area contributed by atoms with Gasteiger partial charge in [0, 0.05) is 37.0 Å². The first-order valence-electron chi connectivity index (χ1n) is 7.09. The van der Waals surface area contributed by atoms with Crippen molar-refractivity contribution in [3.8, 4) is 0 Å². The normalized spacial score (nSPS) is 28.3. The van der Waals surface area contributed by atoms with Crippen LogP contribution in [0.3, 0.4) is 0 Å². The van der Waals surface area contributed by atoms with Crippen molar-refractivity contribution in [2.45, 2.75) is 12.4 Å². The highest BCUT2D eigenvalue weighted by Gasteiger charge is 2.39. The third-order valence-electron chi connectivity index (χ3n) is 4.11. The molecule has 0 radical (unpaired) electrons. The summed E-state index contributed by atoms with van der Waals surface area (Å²) in [7, 11) is -6.09. The highest BCUT2D eigenvalue weighted by Crippen LogP contribution is 2.21. The van der Waals surface area contributed by atoms with Crippen molar-refractivity contribution in [2.24, 2.45) is 11.0 Å². The van der Waals surface area contributed by atoms with Crippen LogP contribution in [0.25, 0.3) is 10.4 Å². The first-order chi connectivity index (χ1) is 10.5. The lowest BCUT2D eigenvalue weighted by Crippen LogP contribution is -2.68. The van der Waals surface area contributed by atoms with Crippen LogP contribution in [0.1, 0.15) is 6.92 Å². The van der Waals surface area contributed by atoms with Gasteiger partial charge in [0.1, 0.15) is 0 Å². The summed E-state index contributed by atoms with van der Waals surface area (Å²) >= 11 is 0. The summed E-state index contributed by atoms with van der Waals surface area (Å²) in [5.74, 6) is 0.519. The average Bonchev–Trinajstić information content (AvgIpc) is 2.45. The first-order valence-corrected chi connectivity index (χ1v) is 8.50. The Balaban J connectivity index is 0.000000284. The fraction of sp³-hybridized carbons (Fsp3) is 1.00. The van der Waals surface area contributed by atoms with E-state index in [1.54, 1.807) is 0 Å². The number of alkyl halides is 3. The second-order valence-corrected chi connectivity index (χ2v) is 7.33. The van der Waals surface area contributed by atoms with Gasteiger partial charge in [-0.05, 0) is 5.53 Å². The molecule has 3 aliphatic rings. The Morgan fingerprint density at radius 3 is 2.09 bits per heavy atom. The van der Waals surface area contributed by atoms with Crippen molar-refractivity contribution in [2.75, 3.05) is 52.4 Å². The Labute approximate surface area is 132 Å². The number of nitrogens with zero attached hydrogens (tertiary/aromatic N) is 5. The minimum atomic E-state index is -6.09. The average molecular weight is 359 g/mol. The predicted octanol–water partition coefficient (Wildman–Crippen LogP) is 1.13. The van der Waals surface area contributed by atoms with Gasteiger partial charge in [-0.15, -0.1) is 0 Å². The molecular formula is C11H20F3N5O3S. The van der Waals surface area contributed by atoms with Crippen LogP contribution in [0.2, 0.25) is 0 Å². The Morgan fingerprint density at radius 1 is 1.30 bits per heavy atom. The van der Waals surface area contributed by atoms with Gasteiger partial charge in [0.25, 0.3) is 0 Å². The van der Waals surface area contributed by atoms with Crippen LogP contribution in [-0.2, 0) is 10.1 Å².